The molecular weight excluding hydrogens is 360 g/mol. The van der Waals surface area contributed by atoms with Gasteiger partial charge in [0, 0.05) is 12.4 Å². The maximum Gasteiger partial charge on any atom is 0.438 e. The molecule has 0 aliphatic rings. The quantitative estimate of drug-likeness (QED) is 0.457. The van der Waals surface area contributed by atoms with Crippen molar-refractivity contribution >= 4 is 16.1 Å². The van der Waals surface area contributed by atoms with Crippen LogP contribution in [0.4, 0.5) is 26.3 Å². The van der Waals surface area contributed by atoms with E-state index in [0.717, 1.165) is 18.3 Å². The van der Waals surface area contributed by atoms with Gasteiger partial charge in [-0.25, -0.2) is 13.2 Å². The summed E-state index contributed by atoms with van der Waals surface area (Å²) >= 11 is 0. The number of nitrogens with zero attached hydrogens (tertiary/aromatic N) is 1. The van der Waals surface area contributed by atoms with Gasteiger partial charge >= 0.3 is 23.9 Å². The van der Waals surface area contributed by atoms with Gasteiger partial charge in [-0.05, 0) is 12.1 Å². The fraction of sp³-hybridized carbons (Fsp3) is 0.400. The van der Waals surface area contributed by atoms with Crippen molar-refractivity contribution in [3.05, 3.63) is 30.1 Å². The molecule has 0 amide bonds. The Morgan fingerprint density at radius 1 is 1.17 bits per heavy atom. The number of aromatic nitrogens is 1. The summed E-state index contributed by atoms with van der Waals surface area (Å²) in [6, 6.07) is 1.81. The molecule has 1 heterocycles. The predicted molar refractivity (Wildman–Crippen MR) is 59.1 cm³/mol. The summed E-state index contributed by atoms with van der Waals surface area (Å²) in [6.07, 6.45) is -11.1. The third-order valence-corrected chi connectivity index (χ3v) is 3.22. The van der Waals surface area contributed by atoms with Crippen molar-refractivity contribution in [3.8, 4) is 0 Å². The lowest BCUT2D eigenvalue weighted by molar-refractivity contribution is -0.356. The molecule has 0 fully saturated rings. The van der Waals surface area contributed by atoms with Crippen LogP contribution in [-0.4, -0.2) is 47.6 Å². The maximum absolute atomic E-state index is 12.9. The molecule has 0 bridgehead atoms. The Bertz CT molecular complexity index is 655. The van der Waals surface area contributed by atoms with Gasteiger partial charge in [0.1, 0.15) is 0 Å². The number of pyridine rings is 1. The molecule has 0 aromatic carbocycles. The molecule has 13 heteroatoms. The van der Waals surface area contributed by atoms with E-state index in [0.29, 0.717) is 6.20 Å². The van der Waals surface area contributed by atoms with Crippen LogP contribution in [0.15, 0.2) is 24.5 Å². The SMILES string of the molecule is O=C(OC(CS(=O)(=O)[O-])(C(F)(F)F)C(F)(F)F)c1cccnc1. The summed E-state index contributed by atoms with van der Waals surface area (Å²) in [4.78, 5) is 14.8. The van der Waals surface area contributed by atoms with Crippen LogP contribution >= 0.6 is 0 Å². The summed E-state index contributed by atoms with van der Waals surface area (Å²) < 4.78 is 112. The summed E-state index contributed by atoms with van der Waals surface area (Å²) in [5.74, 6) is -5.18. The van der Waals surface area contributed by atoms with Crippen LogP contribution in [0.5, 0.6) is 0 Å². The minimum absolute atomic E-state index is 0.603. The fourth-order valence-corrected chi connectivity index (χ4v) is 2.30. The zero-order chi connectivity index (χ0) is 18.1. The van der Waals surface area contributed by atoms with Crippen molar-refractivity contribution in [1.82, 2.24) is 4.98 Å². The minimum atomic E-state index is -6.40. The molecule has 0 aliphatic heterocycles. The maximum atomic E-state index is 12.9. The lowest BCUT2D eigenvalue weighted by Gasteiger charge is -2.36. The highest BCUT2D eigenvalue weighted by atomic mass is 32.2. The first kappa shape index (κ1) is 19.2. The topological polar surface area (TPSA) is 96.4 Å². The highest BCUT2D eigenvalue weighted by Gasteiger charge is 2.75. The van der Waals surface area contributed by atoms with Crippen LogP contribution in [0.25, 0.3) is 0 Å². The highest BCUT2D eigenvalue weighted by molar-refractivity contribution is 7.85. The summed E-state index contributed by atoms with van der Waals surface area (Å²) in [5, 5.41) is 0. The Morgan fingerprint density at radius 2 is 1.70 bits per heavy atom. The first-order valence-corrected chi connectivity index (χ1v) is 6.98. The smallest absolute Gasteiger partial charge is 0.438 e. The first-order valence-electron chi connectivity index (χ1n) is 5.40. The van der Waals surface area contributed by atoms with Crippen molar-refractivity contribution in [2.45, 2.75) is 18.0 Å². The standard InChI is InChI=1S/C10H7F6NO5S/c11-9(12,13)8(10(14,15)16,5-23(19,20)21)22-7(18)6-2-1-3-17-4-6/h1-4H,5H2,(H,19,20,21)/p-1. The summed E-state index contributed by atoms with van der Waals surface area (Å²) in [6.45, 7) is 0. The number of halogens is 6. The van der Waals surface area contributed by atoms with Gasteiger partial charge in [0.2, 0.25) is 0 Å². The van der Waals surface area contributed by atoms with Crippen molar-refractivity contribution in [2.75, 3.05) is 5.75 Å². The van der Waals surface area contributed by atoms with Gasteiger partial charge in [0.15, 0.2) is 0 Å². The Labute approximate surface area is 124 Å². The van der Waals surface area contributed by atoms with Crippen LogP contribution in [0.1, 0.15) is 10.4 Å². The van der Waals surface area contributed by atoms with E-state index in [4.69, 9.17) is 0 Å². The molecule has 0 atom stereocenters. The van der Waals surface area contributed by atoms with E-state index < -0.39 is 45.4 Å². The second-order valence-corrected chi connectivity index (χ2v) is 5.56. The third-order valence-electron chi connectivity index (χ3n) is 2.46. The van der Waals surface area contributed by atoms with Gasteiger partial charge < -0.3 is 9.29 Å². The number of alkyl halides is 6. The van der Waals surface area contributed by atoms with Gasteiger partial charge in [0.25, 0.3) is 0 Å². The fourth-order valence-electron chi connectivity index (χ4n) is 1.42. The summed E-state index contributed by atoms with van der Waals surface area (Å²) in [7, 11) is -6.06. The Kier molecular flexibility index (Phi) is 4.96. The number of ether oxygens (including phenoxy) is 1. The lowest BCUT2D eigenvalue weighted by atomic mass is 10.1. The molecule has 0 aliphatic carbocycles. The molecule has 6 nitrogen and oxygen atoms in total. The molecule has 0 saturated heterocycles. The second kappa shape index (κ2) is 5.96. The Morgan fingerprint density at radius 3 is 2.04 bits per heavy atom. The molecule has 1 aromatic rings. The molecule has 0 spiro atoms. The van der Waals surface area contributed by atoms with Gasteiger partial charge in [0.05, 0.1) is 21.4 Å². The van der Waals surface area contributed by atoms with Crippen LogP contribution < -0.4 is 0 Å². The number of carbonyl (C=O) groups excluding carboxylic acids is 1. The van der Waals surface area contributed by atoms with Gasteiger partial charge in [-0.2, -0.15) is 26.3 Å². The van der Waals surface area contributed by atoms with Crippen molar-refractivity contribution < 1.29 is 48.8 Å². The molecular formula is C10H6F6NO5S-. The van der Waals surface area contributed by atoms with Crippen molar-refractivity contribution in [2.24, 2.45) is 0 Å². The van der Waals surface area contributed by atoms with Gasteiger partial charge in [-0.1, -0.05) is 0 Å². The van der Waals surface area contributed by atoms with E-state index in [9.17, 15) is 44.1 Å². The molecule has 0 radical (unpaired) electrons. The molecule has 23 heavy (non-hydrogen) atoms. The average Bonchev–Trinajstić information content (AvgIpc) is 2.34. The zero-order valence-electron chi connectivity index (χ0n) is 10.7. The monoisotopic (exact) mass is 366 g/mol. The van der Waals surface area contributed by atoms with E-state index in [1.54, 1.807) is 0 Å². The molecule has 130 valence electrons. The lowest BCUT2D eigenvalue weighted by Crippen LogP contribution is -2.63. The van der Waals surface area contributed by atoms with E-state index in [1.165, 1.54) is 0 Å². The minimum Gasteiger partial charge on any atom is -0.748 e. The van der Waals surface area contributed by atoms with Gasteiger partial charge in [-0.15, -0.1) is 0 Å². The molecule has 1 rings (SSSR count). The number of carbonyl (C=O) groups is 1. The molecule has 0 N–H and O–H groups in total. The number of esters is 1. The van der Waals surface area contributed by atoms with Crippen molar-refractivity contribution in [1.29, 1.82) is 0 Å². The van der Waals surface area contributed by atoms with E-state index in [-0.39, 0.29) is 0 Å². The van der Waals surface area contributed by atoms with Crippen LogP contribution in [0.3, 0.4) is 0 Å². The number of rotatable bonds is 4. The van der Waals surface area contributed by atoms with Crippen LogP contribution in [0, 0.1) is 0 Å². The van der Waals surface area contributed by atoms with E-state index >= 15 is 0 Å². The average molecular weight is 366 g/mol. The van der Waals surface area contributed by atoms with Crippen molar-refractivity contribution in [3.63, 3.8) is 0 Å². The second-order valence-electron chi connectivity index (χ2n) is 4.16. The first-order chi connectivity index (χ1) is 10.2. The number of hydrogen-bond donors (Lipinski definition) is 0. The van der Waals surface area contributed by atoms with E-state index in [2.05, 4.69) is 9.72 Å². The molecule has 1 aromatic heterocycles. The predicted octanol–water partition coefficient (Wildman–Crippen LogP) is 1.65. The molecule has 0 saturated carbocycles. The van der Waals surface area contributed by atoms with Crippen LogP contribution in [-0.2, 0) is 14.9 Å². The summed E-state index contributed by atoms with van der Waals surface area (Å²) in [5.41, 5.74) is -6.29. The third kappa shape index (κ3) is 4.31. The highest BCUT2D eigenvalue weighted by Crippen LogP contribution is 2.47. The normalized spacial score (nSPS) is 13.7. The largest absolute Gasteiger partial charge is 0.748 e. The van der Waals surface area contributed by atoms with E-state index in [1.807, 2.05) is 0 Å². The van der Waals surface area contributed by atoms with Gasteiger partial charge in [-0.3, -0.25) is 4.98 Å². The zero-order valence-corrected chi connectivity index (χ0v) is 11.5. The Balaban J connectivity index is 3.42. The number of hydrogen-bond acceptors (Lipinski definition) is 6. The van der Waals surface area contributed by atoms with Crippen LogP contribution in [0.2, 0.25) is 0 Å². The molecule has 0 unspecified atom stereocenters. The Hall–Kier alpha value is -1.89.